The van der Waals surface area contributed by atoms with E-state index in [1.165, 1.54) is 0 Å². The molecule has 0 saturated carbocycles. The molecular formula is C14H8F18O3. The second-order valence-electron chi connectivity index (χ2n) is 7.72. The number of epoxide rings is 2. The third-order valence-corrected chi connectivity index (χ3v) is 5.70. The van der Waals surface area contributed by atoms with Crippen molar-refractivity contribution in [3.05, 3.63) is 0 Å². The molecule has 2 aliphatic rings. The molecular weight excluding hydrogens is 558 g/mol. The van der Waals surface area contributed by atoms with Gasteiger partial charge in [0.2, 0.25) is 0 Å². The molecule has 2 saturated heterocycles. The number of halogens is 18. The Hall–Kier alpha value is -1.38. The van der Waals surface area contributed by atoms with Gasteiger partial charge in [-0.15, -0.1) is 0 Å². The predicted molar refractivity (Wildman–Crippen MR) is 68.8 cm³/mol. The van der Waals surface area contributed by atoms with Gasteiger partial charge in [-0.1, -0.05) is 0 Å². The van der Waals surface area contributed by atoms with Crippen LogP contribution >= 0.6 is 0 Å². The largest absolute Gasteiger partial charge is 0.425 e. The van der Waals surface area contributed by atoms with Crippen molar-refractivity contribution in [2.45, 2.75) is 74.7 Å². The average molecular weight is 566 g/mol. The summed E-state index contributed by atoms with van der Waals surface area (Å²) in [5, 5.41) is 0. The van der Waals surface area contributed by atoms with E-state index in [4.69, 9.17) is 0 Å². The van der Waals surface area contributed by atoms with E-state index in [2.05, 4.69) is 14.2 Å². The predicted octanol–water partition coefficient (Wildman–Crippen LogP) is 6.58. The number of hydrogen-bond acceptors (Lipinski definition) is 3. The first-order valence-electron chi connectivity index (χ1n) is 8.32. The molecule has 2 rings (SSSR count). The molecule has 0 aromatic carbocycles. The van der Waals surface area contributed by atoms with Gasteiger partial charge in [0.15, 0.2) is 10.8 Å². The van der Waals surface area contributed by atoms with Crippen molar-refractivity contribution in [1.29, 1.82) is 0 Å². The van der Waals surface area contributed by atoms with Gasteiger partial charge in [-0.25, -0.2) is 31.1 Å². The fourth-order valence-corrected chi connectivity index (χ4v) is 2.89. The smallest absolute Gasteiger partial charge is 0.291 e. The highest BCUT2D eigenvalue weighted by molar-refractivity contribution is 5.21. The van der Waals surface area contributed by atoms with Crippen LogP contribution in [0.5, 0.6) is 0 Å². The van der Waals surface area contributed by atoms with Gasteiger partial charge in [-0.05, 0) is 13.8 Å². The van der Waals surface area contributed by atoms with Crippen molar-refractivity contribution in [1.82, 2.24) is 0 Å². The summed E-state index contributed by atoms with van der Waals surface area (Å²) in [5.74, 6) is -24.4. The second-order valence-corrected chi connectivity index (χ2v) is 7.72. The number of hydrogen-bond donors (Lipinski definition) is 0. The molecule has 2 aliphatic heterocycles. The van der Waals surface area contributed by atoms with Gasteiger partial charge in [0.1, 0.15) is 0 Å². The van der Waals surface area contributed by atoms with E-state index in [1.807, 2.05) is 0 Å². The molecule has 35 heavy (non-hydrogen) atoms. The maximum atomic E-state index is 14.3. The Morgan fingerprint density at radius 1 is 0.514 bits per heavy atom. The van der Waals surface area contributed by atoms with Crippen LogP contribution in [0.2, 0.25) is 0 Å². The number of rotatable bonds is 8. The highest BCUT2D eigenvalue weighted by atomic mass is 19.4. The summed E-state index contributed by atoms with van der Waals surface area (Å²) in [6.07, 6.45) is -37.6. The zero-order valence-corrected chi connectivity index (χ0v) is 16.2. The summed E-state index contributed by atoms with van der Waals surface area (Å²) < 4.78 is 249. The van der Waals surface area contributed by atoms with Gasteiger partial charge in [0.05, 0.1) is 0 Å². The van der Waals surface area contributed by atoms with E-state index in [1.54, 1.807) is 0 Å². The molecule has 0 aromatic heterocycles. The summed E-state index contributed by atoms with van der Waals surface area (Å²) >= 11 is 0. The van der Waals surface area contributed by atoms with E-state index in [9.17, 15) is 79.0 Å². The Bertz CT molecular complexity index is 790. The van der Waals surface area contributed by atoms with Gasteiger partial charge in [-0.2, -0.15) is 52.7 Å². The topological polar surface area (TPSA) is 34.3 Å². The summed E-state index contributed by atoms with van der Waals surface area (Å²) in [5.41, 5.74) is -11.1. The minimum absolute atomic E-state index is 0.947. The van der Waals surface area contributed by atoms with Crippen molar-refractivity contribution in [2.24, 2.45) is 10.8 Å². The van der Waals surface area contributed by atoms with E-state index in [0.717, 1.165) is 0 Å². The lowest BCUT2D eigenvalue weighted by molar-refractivity contribution is -0.439. The third kappa shape index (κ3) is 3.28. The van der Waals surface area contributed by atoms with E-state index in [0.29, 0.717) is 0 Å². The molecule has 6 unspecified atom stereocenters. The van der Waals surface area contributed by atoms with Gasteiger partial charge < -0.3 is 0 Å². The maximum Gasteiger partial charge on any atom is 0.425 e. The van der Waals surface area contributed by atoms with Crippen LogP contribution in [0.25, 0.3) is 0 Å². The summed E-state index contributed by atoms with van der Waals surface area (Å²) in [7, 11) is 0. The molecule has 0 radical (unpaired) electrons. The molecule has 2 fully saturated rings. The van der Waals surface area contributed by atoms with Crippen molar-refractivity contribution in [3.8, 4) is 0 Å². The average Bonchev–Trinajstić information content (AvgIpc) is 3.42. The Kier molecular flexibility index (Phi) is 6.08. The van der Waals surface area contributed by atoms with Crippen LogP contribution in [0.15, 0.2) is 0 Å². The lowest BCUT2D eigenvalue weighted by Crippen LogP contribution is -2.60. The molecule has 2 heterocycles. The first-order valence-corrected chi connectivity index (χ1v) is 8.32. The van der Waals surface area contributed by atoms with Gasteiger partial charge in [-0.3, -0.25) is 9.47 Å². The fourth-order valence-electron chi connectivity index (χ4n) is 2.89. The molecule has 0 N–H and O–H groups in total. The molecule has 0 amide bonds. The van der Waals surface area contributed by atoms with Crippen LogP contribution in [-0.4, -0.2) is 60.8 Å². The van der Waals surface area contributed by atoms with Crippen LogP contribution in [0.1, 0.15) is 13.8 Å². The fraction of sp³-hybridized carbons (Fsp3) is 1.00. The SMILES string of the molecule is CC(C(F)F)(C(F)(F)F)C1(F)OC1(F)C(F)(F)OC(F)(F)C1(F)OC1(F)C(C)(C(F)F)C(F)(F)F. The molecule has 0 aromatic rings. The lowest BCUT2D eigenvalue weighted by Gasteiger charge is -2.35. The quantitative estimate of drug-likeness (QED) is 0.246. The van der Waals surface area contributed by atoms with Crippen LogP contribution in [-0.2, 0) is 14.2 Å². The van der Waals surface area contributed by atoms with Gasteiger partial charge >= 0.3 is 48.0 Å². The second kappa shape index (κ2) is 7.13. The molecule has 0 spiro atoms. The minimum Gasteiger partial charge on any atom is -0.291 e. The maximum absolute atomic E-state index is 14.3. The number of ether oxygens (including phenoxy) is 3. The van der Waals surface area contributed by atoms with E-state index >= 15 is 0 Å². The zero-order chi connectivity index (χ0) is 28.3. The lowest BCUT2D eigenvalue weighted by atomic mass is 9.81. The van der Waals surface area contributed by atoms with E-state index < -0.39 is 85.5 Å². The van der Waals surface area contributed by atoms with Crippen LogP contribution < -0.4 is 0 Å². The monoisotopic (exact) mass is 566 g/mol. The summed E-state index contributed by atoms with van der Waals surface area (Å²) in [6.45, 7) is -1.89. The molecule has 6 atom stereocenters. The van der Waals surface area contributed by atoms with Crippen molar-refractivity contribution in [2.75, 3.05) is 0 Å². The molecule has 208 valence electrons. The first-order chi connectivity index (χ1) is 15.0. The third-order valence-electron chi connectivity index (χ3n) is 5.70. The van der Waals surface area contributed by atoms with Crippen LogP contribution in [0.3, 0.4) is 0 Å². The van der Waals surface area contributed by atoms with Gasteiger partial charge in [0, 0.05) is 0 Å². The molecule has 21 heteroatoms. The standard InChI is InChI=1S/C14H8F18O3/c1-5(3(15)16,11(23,24)25)7(19)9(21,33-7)13(29,30)35-14(31,32)10(22)8(20,34-10)6(2,4(17)18)12(26,27)28/h3-4H,1-2H3. The van der Waals surface area contributed by atoms with E-state index in [-0.39, 0.29) is 0 Å². The molecule has 3 nitrogen and oxygen atoms in total. The highest BCUT2D eigenvalue weighted by Crippen LogP contribution is 2.75. The summed E-state index contributed by atoms with van der Waals surface area (Å²) in [6, 6.07) is 0. The molecule has 0 aliphatic carbocycles. The van der Waals surface area contributed by atoms with Crippen molar-refractivity contribution < 1.29 is 93.2 Å². The number of alkyl halides is 18. The molecule has 0 bridgehead atoms. The van der Waals surface area contributed by atoms with Crippen LogP contribution in [0.4, 0.5) is 79.0 Å². The minimum atomic E-state index is -7.02. The van der Waals surface area contributed by atoms with Crippen LogP contribution in [0, 0.1) is 10.8 Å². The van der Waals surface area contributed by atoms with Crippen molar-refractivity contribution >= 4 is 0 Å². The van der Waals surface area contributed by atoms with Crippen molar-refractivity contribution in [3.63, 3.8) is 0 Å². The highest BCUT2D eigenvalue weighted by Gasteiger charge is 3.01. The first kappa shape index (κ1) is 29.8. The Morgan fingerprint density at radius 3 is 0.914 bits per heavy atom. The van der Waals surface area contributed by atoms with Gasteiger partial charge in [0.25, 0.3) is 12.9 Å². The Balaban J connectivity index is 2.47. The summed E-state index contributed by atoms with van der Waals surface area (Å²) in [4.78, 5) is 0. The Labute approximate surface area is 180 Å². The zero-order valence-electron chi connectivity index (χ0n) is 16.2. The Morgan fingerprint density at radius 2 is 0.743 bits per heavy atom. The normalized spacial score (nSPS) is 37.9.